The molecule has 6 atom stereocenters. The van der Waals surface area contributed by atoms with Crippen molar-refractivity contribution in [1.29, 1.82) is 0 Å². The fourth-order valence-corrected chi connectivity index (χ4v) is 5.39. The number of aromatic nitrogens is 1. The van der Waals surface area contributed by atoms with Crippen molar-refractivity contribution in [2.75, 3.05) is 27.2 Å². The molecule has 9 heteroatoms. The summed E-state index contributed by atoms with van der Waals surface area (Å²) in [6.45, 7) is 9.27. The molecular formula is C33H49N3O6. The zero-order chi connectivity index (χ0) is 30.9. The van der Waals surface area contributed by atoms with Crippen LogP contribution in [0.15, 0.2) is 60.3 Å². The van der Waals surface area contributed by atoms with Crippen LogP contribution in [0.3, 0.4) is 0 Å². The van der Waals surface area contributed by atoms with Crippen molar-refractivity contribution in [2.24, 2.45) is 5.92 Å². The van der Waals surface area contributed by atoms with Gasteiger partial charge in [-0.3, -0.25) is 9.78 Å². The molecule has 0 spiro atoms. The molecule has 1 amide bonds. The summed E-state index contributed by atoms with van der Waals surface area (Å²) in [6.07, 6.45) is 9.91. The lowest BCUT2D eigenvalue weighted by atomic mass is 9.88. The molecule has 0 radical (unpaired) electrons. The highest BCUT2D eigenvalue weighted by Crippen LogP contribution is 2.28. The van der Waals surface area contributed by atoms with E-state index < -0.39 is 36.0 Å². The second-order valence-corrected chi connectivity index (χ2v) is 12.2. The third kappa shape index (κ3) is 9.78. The predicted octanol–water partition coefficient (Wildman–Crippen LogP) is 4.62. The lowest BCUT2D eigenvalue weighted by Crippen LogP contribution is -2.48. The fraction of sp³-hybridized carbons (Fsp3) is 0.606. The highest BCUT2D eigenvalue weighted by atomic mass is 16.6. The Morgan fingerprint density at radius 2 is 1.98 bits per heavy atom. The zero-order valence-electron chi connectivity index (χ0n) is 26.0. The van der Waals surface area contributed by atoms with Crippen molar-refractivity contribution < 1.29 is 29.3 Å². The van der Waals surface area contributed by atoms with Crippen molar-refractivity contribution in [3.8, 4) is 0 Å². The first kappa shape index (κ1) is 33.5. The number of nitrogens with zero attached hydrogens (tertiary/aromatic N) is 3. The molecule has 0 aromatic carbocycles. The lowest BCUT2D eigenvalue weighted by Gasteiger charge is -2.37. The Balaban J connectivity index is 1.80. The van der Waals surface area contributed by atoms with Crippen molar-refractivity contribution in [1.82, 2.24) is 14.8 Å². The van der Waals surface area contributed by atoms with E-state index in [-0.39, 0.29) is 37.1 Å². The number of hydrogen-bond donors (Lipinski definition) is 2. The van der Waals surface area contributed by atoms with Gasteiger partial charge in [-0.1, -0.05) is 44.2 Å². The van der Waals surface area contributed by atoms with E-state index in [1.807, 2.05) is 56.4 Å². The number of aliphatic hydroxyl groups is 2. The number of carbonyl (C=O) groups excluding carboxylic acids is 2. The average Bonchev–Trinajstić information content (AvgIpc) is 2.96. The van der Waals surface area contributed by atoms with Crippen LogP contribution in [0.5, 0.6) is 0 Å². The van der Waals surface area contributed by atoms with E-state index in [2.05, 4.69) is 23.9 Å². The molecule has 3 rings (SSSR count). The molecule has 1 unspecified atom stereocenters. The van der Waals surface area contributed by atoms with E-state index in [0.29, 0.717) is 0 Å². The molecule has 1 aromatic rings. The SMILES string of the molecule is C/C(=C\C=C\C(C)c1ccccn1)[C@H]1OC(=O)C[C@@H](O)CC[C@](C)(O)[C@@H](OC(=O)N(C)C2CCN(C)CC2)/C=C/[C@@H]1C. The van der Waals surface area contributed by atoms with Crippen LogP contribution in [0.2, 0.25) is 0 Å². The van der Waals surface area contributed by atoms with E-state index in [1.165, 1.54) is 0 Å². The van der Waals surface area contributed by atoms with Gasteiger partial charge in [-0.2, -0.15) is 0 Å². The molecule has 9 nitrogen and oxygen atoms in total. The number of esters is 1. The van der Waals surface area contributed by atoms with E-state index in [9.17, 15) is 19.8 Å². The molecule has 2 N–H and O–H groups in total. The number of allylic oxidation sites excluding steroid dienone is 3. The Kier molecular flexibility index (Phi) is 12.3. The molecule has 0 bridgehead atoms. The quantitative estimate of drug-likeness (QED) is 0.284. The third-order valence-corrected chi connectivity index (χ3v) is 8.44. The van der Waals surface area contributed by atoms with Gasteiger partial charge in [-0.05, 0) is 83.4 Å². The molecule has 2 aliphatic rings. The summed E-state index contributed by atoms with van der Waals surface area (Å²) in [5, 5.41) is 22.0. The lowest BCUT2D eigenvalue weighted by molar-refractivity contribution is -0.151. The van der Waals surface area contributed by atoms with Crippen LogP contribution in [0, 0.1) is 5.92 Å². The fourth-order valence-electron chi connectivity index (χ4n) is 5.39. The maximum atomic E-state index is 13.2. The van der Waals surface area contributed by atoms with E-state index in [4.69, 9.17) is 9.47 Å². The number of hydrogen-bond acceptors (Lipinski definition) is 8. The van der Waals surface area contributed by atoms with E-state index >= 15 is 0 Å². The third-order valence-electron chi connectivity index (χ3n) is 8.44. The molecule has 1 fully saturated rings. The van der Waals surface area contributed by atoms with Crippen LogP contribution in [0.25, 0.3) is 0 Å². The molecule has 42 heavy (non-hydrogen) atoms. The number of amides is 1. The Morgan fingerprint density at radius 1 is 1.26 bits per heavy atom. The summed E-state index contributed by atoms with van der Waals surface area (Å²) < 4.78 is 11.8. The van der Waals surface area contributed by atoms with E-state index in [1.54, 1.807) is 31.1 Å². The minimum atomic E-state index is -1.45. The van der Waals surface area contributed by atoms with Gasteiger partial charge in [0.15, 0.2) is 6.10 Å². The van der Waals surface area contributed by atoms with Gasteiger partial charge in [-0.25, -0.2) is 4.79 Å². The van der Waals surface area contributed by atoms with Crippen molar-refractivity contribution >= 4 is 12.1 Å². The Bertz CT molecular complexity index is 1110. The van der Waals surface area contributed by atoms with Crippen LogP contribution in [-0.4, -0.2) is 94.2 Å². The number of carbonyl (C=O) groups is 2. The topological polar surface area (TPSA) is 112 Å². The van der Waals surface area contributed by atoms with Gasteiger partial charge in [0.2, 0.25) is 0 Å². The van der Waals surface area contributed by atoms with Gasteiger partial charge < -0.3 is 29.5 Å². The van der Waals surface area contributed by atoms with Crippen LogP contribution >= 0.6 is 0 Å². The summed E-state index contributed by atoms with van der Waals surface area (Å²) in [6, 6.07) is 5.88. The number of rotatable bonds is 6. The number of ether oxygens (including phenoxy) is 2. The molecule has 1 saturated heterocycles. The average molecular weight is 584 g/mol. The Labute approximate surface area is 250 Å². The van der Waals surface area contributed by atoms with Crippen LogP contribution in [-0.2, 0) is 14.3 Å². The van der Waals surface area contributed by atoms with Crippen LogP contribution < -0.4 is 0 Å². The molecule has 0 aliphatic carbocycles. The summed E-state index contributed by atoms with van der Waals surface area (Å²) in [7, 11) is 3.81. The monoisotopic (exact) mass is 583 g/mol. The summed E-state index contributed by atoms with van der Waals surface area (Å²) >= 11 is 0. The maximum absolute atomic E-state index is 13.2. The van der Waals surface area contributed by atoms with Crippen LogP contribution in [0.1, 0.15) is 71.4 Å². The van der Waals surface area contributed by atoms with Crippen molar-refractivity contribution in [3.05, 3.63) is 66.0 Å². The number of pyridine rings is 1. The first-order chi connectivity index (χ1) is 19.9. The van der Waals surface area contributed by atoms with Gasteiger partial charge in [0.1, 0.15) is 11.7 Å². The van der Waals surface area contributed by atoms with Gasteiger partial charge in [0.25, 0.3) is 0 Å². The molecular weight excluding hydrogens is 534 g/mol. The summed E-state index contributed by atoms with van der Waals surface area (Å²) in [4.78, 5) is 34.2. The maximum Gasteiger partial charge on any atom is 0.410 e. The predicted molar refractivity (Wildman–Crippen MR) is 163 cm³/mol. The highest BCUT2D eigenvalue weighted by Gasteiger charge is 2.37. The number of likely N-dealkylation sites (tertiary alicyclic amines) is 1. The molecule has 1 aromatic heterocycles. The Hall–Kier alpha value is -3.01. The summed E-state index contributed by atoms with van der Waals surface area (Å²) in [5.41, 5.74) is 0.323. The van der Waals surface area contributed by atoms with Gasteiger partial charge >= 0.3 is 12.1 Å². The highest BCUT2D eigenvalue weighted by molar-refractivity contribution is 5.70. The minimum Gasteiger partial charge on any atom is -0.457 e. The second-order valence-electron chi connectivity index (χ2n) is 12.2. The summed E-state index contributed by atoms with van der Waals surface area (Å²) in [5.74, 6) is -0.701. The minimum absolute atomic E-state index is 0.0691. The second kappa shape index (κ2) is 15.5. The first-order valence-electron chi connectivity index (χ1n) is 15.0. The number of cyclic esters (lactones) is 1. The van der Waals surface area contributed by atoms with Crippen LogP contribution in [0.4, 0.5) is 4.79 Å². The standard InChI is InChI=1S/C33H49N3O6/c1-23(28-12-7-8-19-34-28)10-9-11-24(2)31-25(3)13-14-29(33(4,40)18-15-27(37)22-30(38)42-31)41-32(39)36(6)26-16-20-35(5)21-17-26/h7-14,19,23,25-27,29,31,37,40H,15-18,20-22H2,1-6H3/b10-9+,14-13+,24-11+/t23?,25-,27-,29-,31+,33-/m0/s1. The smallest absolute Gasteiger partial charge is 0.410 e. The number of piperidine rings is 1. The van der Waals surface area contributed by atoms with Gasteiger partial charge in [0, 0.05) is 36.8 Å². The molecule has 2 aliphatic heterocycles. The van der Waals surface area contributed by atoms with Gasteiger partial charge in [-0.15, -0.1) is 0 Å². The van der Waals surface area contributed by atoms with Gasteiger partial charge in [0.05, 0.1) is 12.5 Å². The molecule has 0 saturated carbocycles. The van der Waals surface area contributed by atoms with Crippen molar-refractivity contribution in [3.63, 3.8) is 0 Å². The van der Waals surface area contributed by atoms with E-state index in [0.717, 1.165) is 37.2 Å². The zero-order valence-corrected chi connectivity index (χ0v) is 26.0. The van der Waals surface area contributed by atoms with Crippen molar-refractivity contribution in [2.45, 2.75) is 95.7 Å². The number of aliphatic hydroxyl groups excluding tert-OH is 1. The normalized spacial score (nSPS) is 30.6. The molecule has 232 valence electrons. The molecule has 3 heterocycles. The first-order valence-corrected chi connectivity index (χ1v) is 15.0. The Morgan fingerprint density at radius 3 is 2.64 bits per heavy atom. The largest absolute Gasteiger partial charge is 0.457 e.